The van der Waals surface area contributed by atoms with Gasteiger partial charge in [0.2, 0.25) is 0 Å². The van der Waals surface area contributed by atoms with E-state index in [-0.39, 0.29) is 0 Å². The lowest BCUT2D eigenvalue weighted by atomic mass is 10.3. The van der Waals surface area contributed by atoms with Crippen molar-refractivity contribution in [2.45, 2.75) is 12.8 Å². The molecule has 0 unspecified atom stereocenters. The molecule has 0 aliphatic carbocycles. The molecule has 8 heavy (non-hydrogen) atoms. The molecule has 0 spiro atoms. The fraction of sp³-hybridized carbons (Fsp3) is 0.800. The first-order valence-corrected chi connectivity index (χ1v) is 2.84. The molecular formula is C5H9N3. The molecule has 1 rings (SSSR count). The highest BCUT2D eigenvalue weighted by Gasteiger charge is 2.04. The standard InChI is InChI=1S/C5H9N3/c6-5-8-4-2-1-3-7-8/h7H,1-4H2. The fourth-order valence-corrected chi connectivity index (χ4v) is 0.773. The van der Waals surface area contributed by atoms with Gasteiger partial charge in [-0.2, -0.15) is 5.26 Å². The number of nitrogens with zero attached hydrogens (tertiary/aromatic N) is 2. The number of rotatable bonds is 0. The first-order valence-electron chi connectivity index (χ1n) is 2.84. The van der Waals surface area contributed by atoms with E-state index in [1.807, 2.05) is 6.19 Å². The predicted molar refractivity (Wildman–Crippen MR) is 29.6 cm³/mol. The van der Waals surface area contributed by atoms with Crippen LogP contribution < -0.4 is 5.43 Å². The second-order valence-corrected chi connectivity index (χ2v) is 1.87. The van der Waals surface area contributed by atoms with Gasteiger partial charge in [0.1, 0.15) is 0 Å². The highest BCUT2D eigenvalue weighted by molar-refractivity contribution is 4.72. The largest absolute Gasteiger partial charge is 0.245 e. The summed E-state index contributed by atoms with van der Waals surface area (Å²) in [5.41, 5.74) is 2.94. The number of nitrogens with one attached hydrogen (secondary N) is 1. The van der Waals surface area contributed by atoms with Crippen LogP contribution in [0.3, 0.4) is 0 Å². The third kappa shape index (κ3) is 1.11. The van der Waals surface area contributed by atoms with Crippen molar-refractivity contribution in [3.05, 3.63) is 0 Å². The Morgan fingerprint density at radius 1 is 1.50 bits per heavy atom. The van der Waals surface area contributed by atoms with Crippen LogP contribution in [0.15, 0.2) is 0 Å². The minimum Gasteiger partial charge on any atom is -0.245 e. The van der Waals surface area contributed by atoms with Gasteiger partial charge in [-0.25, -0.2) is 10.4 Å². The highest BCUT2D eigenvalue weighted by Crippen LogP contribution is 1.95. The van der Waals surface area contributed by atoms with E-state index in [1.54, 1.807) is 5.01 Å². The van der Waals surface area contributed by atoms with Crippen molar-refractivity contribution in [1.82, 2.24) is 10.4 Å². The Bertz CT molecular complexity index is 98.7. The molecule has 44 valence electrons. The molecule has 0 bridgehead atoms. The lowest BCUT2D eigenvalue weighted by Crippen LogP contribution is -2.39. The van der Waals surface area contributed by atoms with Gasteiger partial charge in [0.25, 0.3) is 0 Å². The van der Waals surface area contributed by atoms with E-state index in [4.69, 9.17) is 5.26 Å². The molecule has 0 aromatic heterocycles. The Morgan fingerprint density at radius 2 is 2.38 bits per heavy atom. The zero-order valence-electron chi connectivity index (χ0n) is 4.72. The summed E-state index contributed by atoms with van der Waals surface area (Å²) in [5.74, 6) is 0. The molecule has 3 heteroatoms. The minimum atomic E-state index is 0.872. The number of hydrogen-bond acceptors (Lipinski definition) is 3. The van der Waals surface area contributed by atoms with Crippen molar-refractivity contribution in [3.8, 4) is 6.19 Å². The van der Waals surface area contributed by atoms with Gasteiger partial charge in [-0.1, -0.05) is 0 Å². The Kier molecular flexibility index (Phi) is 1.70. The average molecular weight is 111 g/mol. The first kappa shape index (κ1) is 5.39. The number of nitriles is 1. The fourth-order valence-electron chi connectivity index (χ4n) is 0.773. The molecule has 0 aromatic rings. The average Bonchev–Trinajstić information content (AvgIpc) is 1.90. The lowest BCUT2D eigenvalue weighted by molar-refractivity contribution is 0.237. The van der Waals surface area contributed by atoms with E-state index >= 15 is 0 Å². The number of hydrazine groups is 1. The van der Waals surface area contributed by atoms with Crippen molar-refractivity contribution in [2.24, 2.45) is 0 Å². The van der Waals surface area contributed by atoms with E-state index in [0.717, 1.165) is 19.5 Å². The van der Waals surface area contributed by atoms with E-state index in [0.29, 0.717) is 0 Å². The van der Waals surface area contributed by atoms with Gasteiger partial charge >= 0.3 is 0 Å². The Hall–Kier alpha value is -0.750. The van der Waals surface area contributed by atoms with Gasteiger partial charge in [0.05, 0.1) is 0 Å². The van der Waals surface area contributed by atoms with E-state index < -0.39 is 0 Å². The Labute approximate surface area is 48.9 Å². The van der Waals surface area contributed by atoms with Crippen LogP contribution in [-0.4, -0.2) is 18.1 Å². The van der Waals surface area contributed by atoms with Crippen molar-refractivity contribution in [2.75, 3.05) is 13.1 Å². The Morgan fingerprint density at radius 3 is 2.75 bits per heavy atom. The monoisotopic (exact) mass is 111 g/mol. The molecule has 1 fully saturated rings. The maximum Gasteiger partial charge on any atom is 0.195 e. The number of hydrogen-bond donors (Lipinski definition) is 1. The first-order chi connectivity index (χ1) is 3.93. The molecular weight excluding hydrogens is 102 g/mol. The van der Waals surface area contributed by atoms with E-state index in [2.05, 4.69) is 5.43 Å². The summed E-state index contributed by atoms with van der Waals surface area (Å²) in [6.07, 6.45) is 4.36. The molecule has 1 aliphatic rings. The predicted octanol–water partition coefficient (Wildman–Crippen LogP) is 0.0679. The van der Waals surface area contributed by atoms with Crippen LogP contribution in [-0.2, 0) is 0 Å². The van der Waals surface area contributed by atoms with Crippen LogP contribution in [0.4, 0.5) is 0 Å². The second kappa shape index (κ2) is 2.53. The van der Waals surface area contributed by atoms with Crippen LogP contribution in [0.1, 0.15) is 12.8 Å². The molecule has 1 N–H and O–H groups in total. The summed E-state index contributed by atoms with van der Waals surface area (Å²) in [6, 6.07) is 0. The maximum atomic E-state index is 8.30. The van der Waals surface area contributed by atoms with E-state index in [1.165, 1.54) is 6.42 Å². The van der Waals surface area contributed by atoms with Crippen LogP contribution >= 0.6 is 0 Å². The third-order valence-electron chi connectivity index (χ3n) is 1.23. The lowest BCUT2D eigenvalue weighted by Gasteiger charge is -2.20. The SMILES string of the molecule is N#CN1CCCCN1. The molecule has 0 saturated carbocycles. The van der Waals surface area contributed by atoms with E-state index in [9.17, 15) is 0 Å². The van der Waals surface area contributed by atoms with Crippen LogP contribution in [0.2, 0.25) is 0 Å². The molecule has 0 aromatic carbocycles. The van der Waals surface area contributed by atoms with Crippen molar-refractivity contribution in [3.63, 3.8) is 0 Å². The maximum absolute atomic E-state index is 8.30. The molecule has 3 nitrogen and oxygen atoms in total. The molecule has 0 amide bonds. The van der Waals surface area contributed by atoms with Gasteiger partial charge in [0, 0.05) is 13.1 Å². The molecule has 1 aliphatic heterocycles. The van der Waals surface area contributed by atoms with Crippen molar-refractivity contribution in [1.29, 1.82) is 5.26 Å². The summed E-state index contributed by atoms with van der Waals surface area (Å²) in [6.45, 7) is 1.82. The van der Waals surface area contributed by atoms with Crippen LogP contribution in [0.5, 0.6) is 0 Å². The summed E-state index contributed by atoms with van der Waals surface area (Å²) in [4.78, 5) is 0. The quantitative estimate of drug-likeness (QED) is 0.449. The van der Waals surface area contributed by atoms with Crippen LogP contribution in [0, 0.1) is 11.5 Å². The van der Waals surface area contributed by atoms with Gasteiger partial charge < -0.3 is 0 Å². The van der Waals surface area contributed by atoms with Gasteiger partial charge in [-0.05, 0) is 12.8 Å². The topological polar surface area (TPSA) is 39.1 Å². The zero-order valence-corrected chi connectivity index (χ0v) is 4.72. The zero-order chi connectivity index (χ0) is 5.82. The molecule has 1 saturated heterocycles. The van der Waals surface area contributed by atoms with Crippen molar-refractivity contribution < 1.29 is 0 Å². The summed E-state index contributed by atoms with van der Waals surface area (Å²) >= 11 is 0. The smallest absolute Gasteiger partial charge is 0.195 e. The van der Waals surface area contributed by atoms with Crippen molar-refractivity contribution >= 4 is 0 Å². The minimum absolute atomic E-state index is 0.872. The van der Waals surface area contributed by atoms with Gasteiger partial charge in [-0.3, -0.25) is 0 Å². The molecule has 0 radical (unpaired) electrons. The molecule has 0 atom stereocenters. The van der Waals surface area contributed by atoms with Crippen LogP contribution in [0.25, 0.3) is 0 Å². The normalized spacial score (nSPS) is 20.1. The summed E-state index contributed by atoms with van der Waals surface area (Å²) in [5, 5.41) is 9.88. The third-order valence-corrected chi connectivity index (χ3v) is 1.23. The summed E-state index contributed by atoms with van der Waals surface area (Å²) in [7, 11) is 0. The Balaban J connectivity index is 2.25. The second-order valence-electron chi connectivity index (χ2n) is 1.87. The van der Waals surface area contributed by atoms with Gasteiger partial charge in [0.15, 0.2) is 6.19 Å². The summed E-state index contributed by atoms with van der Waals surface area (Å²) < 4.78 is 0. The molecule has 1 heterocycles. The van der Waals surface area contributed by atoms with Gasteiger partial charge in [-0.15, -0.1) is 0 Å². The highest BCUT2D eigenvalue weighted by atomic mass is 15.5.